The van der Waals surface area contributed by atoms with Crippen LogP contribution in [0.1, 0.15) is 59.9 Å². The number of amides is 2. The molecule has 0 spiro atoms. The molecule has 0 radical (unpaired) electrons. The maximum absolute atomic E-state index is 13.2. The number of hydrogen-bond acceptors (Lipinski definition) is 11. The standard InChI is InChI=1S/C29H44N2O9S2/c1-18(2)12-24(39-15-20-10-9-11-21(13-20)40-19(3)32)26(34)31-23(28(36)38-8)17-42-41-16-22(27(35)37-7)30-25(33)14-29(4,5)6/h9-11,13,18,22-24H,12,14-17H2,1-8H3,(H,30,33)(H,31,34)/t22?,23?,24-/m1/s1. The molecule has 1 rings (SSSR count). The molecule has 0 saturated carbocycles. The van der Waals surface area contributed by atoms with Gasteiger partial charge in [0.15, 0.2) is 0 Å². The number of methoxy groups -OCH3 is 2. The predicted molar refractivity (Wildman–Crippen MR) is 163 cm³/mol. The molecule has 0 saturated heterocycles. The summed E-state index contributed by atoms with van der Waals surface area (Å²) in [5.41, 5.74) is 0.463. The molecule has 2 N–H and O–H groups in total. The summed E-state index contributed by atoms with van der Waals surface area (Å²) in [4.78, 5) is 61.5. The molecule has 0 aromatic heterocycles. The average Bonchev–Trinajstić information content (AvgIpc) is 2.89. The van der Waals surface area contributed by atoms with Gasteiger partial charge >= 0.3 is 17.9 Å². The van der Waals surface area contributed by atoms with E-state index in [0.29, 0.717) is 17.7 Å². The van der Waals surface area contributed by atoms with Crippen LogP contribution in [0.5, 0.6) is 5.75 Å². The second kappa shape index (κ2) is 18.7. The minimum atomic E-state index is -0.974. The van der Waals surface area contributed by atoms with E-state index in [9.17, 15) is 24.0 Å². The third-order valence-corrected chi connectivity index (χ3v) is 7.88. The summed E-state index contributed by atoms with van der Waals surface area (Å²) in [5, 5.41) is 5.43. The molecule has 2 unspecified atom stereocenters. The predicted octanol–water partition coefficient (Wildman–Crippen LogP) is 3.68. The largest absolute Gasteiger partial charge is 0.467 e. The summed E-state index contributed by atoms with van der Waals surface area (Å²) in [6.45, 7) is 11.1. The Bertz CT molecular complexity index is 1060. The minimum Gasteiger partial charge on any atom is -0.467 e. The fourth-order valence-electron chi connectivity index (χ4n) is 3.59. The number of hydrogen-bond donors (Lipinski definition) is 2. The molecule has 3 atom stereocenters. The topological polar surface area (TPSA) is 146 Å². The van der Waals surface area contributed by atoms with E-state index in [1.165, 1.54) is 42.7 Å². The number of ether oxygens (including phenoxy) is 4. The fourth-order valence-corrected chi connectivity index (χ4v) is 5.88. The maximum Gasteiger partial charge on any atom is 0.329 e. The number of carbonyl (C=O) groups is 5. The zero-order valence-electron chi connectivity index (χ0n) is 25.6. The fraction of sp³-hybridized carbons (Fsp3) is 0.621. The van der Waals surface area contributed by atoms with Gasteiger partial charge in [-0.3, -0.25) is 14.4 Å². The van der Waals surface area contributed by atoms with Crippen LogP contribution in [0.4, 0.5) is 0 Å². The molecule has 11 nitrogen and oxygen atoms in total. The Kier molecular flexibility index (Phi) is 16.6. The van der Waals surface area contributed by atoms with Gasteiger partial charge in [0.05, 0.1) is 20.8 Å². The second-order valence-corrected chi connectivity index (χ2v) is 13.8. The summed E-state index contributed by atoms with van der Waals surface area (Å²) >= 11 is 0. The highest BCUT2D eigenvalue weighted by Crippen LogP contribution is 2.25. The highest BCUT2D eigenvalue weighted by molar-refractivity contribution is 8.76. The molecule has 236 valence electrons. The molecule has 2 amide bonds. The Balaban J connectivity index is 2.81. The van der Waals surface area contributed by atoms with Crippen LogP contribution in [0.15, 0.2) is 24.3 Å². The number of carbonyl (C=O) groups excluding carboxylic acids is 5. The van der Waals surface area contributed by atoms with E-state index in [-0.39, 0.29) is 41.8 Å². The Hall–Kier alpha value is -2.77. The van der Waals surface area contributed by atoms with E-state index in [4.69, 9.17) is 18.9 Å². The van der Waals surface area contributed by atoms with Crippen molar-refractivity contribution in [3.05, 3.63) is 29.8 Å². The van der Waals surface area contributed by atoms with Gasteiger partial charge in [0.25, 0.3) is 0 Å². The third-order valence-electron chi connectivity index (χ3n) is 5.46. The van der Waals surface area contributed by atoms with Gasteiger partial charge in [-0.1, -0.05) is 68.3 Å². The smallest absolute Gasteiger partial charge is 0.329 e. The second-order valence-electron chi connectivity index (χ2n) is 11.2. The normalized spacial score (nSPS) is 13.5. The summed E-state index contributed by atoms with van der Waals surface area (Å²) in [6, 6.07) is 4.97. The molecule has 13 heteroatoms. The summed E-state index contributed by atoms with van der Waals surface area (Å²) in [6.07, 6.45) is -0.208. The summed E-state index contributed by atoms with van der Waals surface area (Å²) < 4.78 is 20.8. The van der Waals surface area contributed by atoms with Gasteiger partial charge in [-0.25, -0.2) is 9.59 Å². The quantitative estimate of drug-likeness (QED) is 0.113. The lowest BCUT2D eigenvalue weighted by atomic mass is 9.92. The van der Waals surface area contributed by atoms with Crippen LogP contribution >= 0.6 is 21.6 Å². The van der Waals surface area contributed by atoms with E-state index in [1.807, 2.05) is 34.6 Å². The number of rotatable bonds is 17. The average molecular weight is 629 g/mol. The van der Waals surface area contributed by atoms with Gasteiger partial charge in [-0.15, -0.1) is 0 Å². The molecular weight excluding hydrogens is 584 g/mol. The van der Waals surface area contributed by atoms with Gasteiger partial charge < -0.3 is 29.6 Å². The van der Waals surface area contributed by atoms with Crippen molar-refractivity contribution in [1.29, 1.82) is 0 Å². The van der Waals surface area contributed by atoms with Crippen molar-refractivity contribution in [3.63, 3.8) is 0 Å². The maximum atomic E-state index is 13.2. The van der Waals surface area contributed by atoms with E-state index < -0.39 is 42.0 Å². The molecule has 0 aliphatic rings. The van der Waals surface area contributed by atoms with Crippen LogP contribution < -0.4 is 15.4 Å². The van der Waals surface area contributed by atoms with Crippen LogP contribution in [0, 0.1) is 11.3 Å². The summed E-state index contributed by atoms with van der Waals surface area (Å²) in [5.74, 6) is -1.55. The van der Waals surface area contributed by atoms with Crippen LogP contribution in [0.3, 0.4) is 0 Å². The van der Waals surface area contributed by atoms with Gasteiger partial charge in [0.2, 0.25) is 11.8 Å². The molecule has 0 aliphatic carbocycles. The van der Waals surface area contributed by atoms with Crippen LogP contribution in [0.25, 0.3) is 0 Å². The zero-order valence-corrected chi connectivity index (χ0v) is 27.3. The molecule has 1 aromatic carbocycles. The first-order chi connectivity index (χ1) is 19.6. The minimum absolute atomic E-state index is 0.0866. The van der Waals surface area contributed by atoms with Gasteiger partial charge in [-0.05, 0) is 35.4 Å². The molecular formula is C29H44N2O9S2. The van der Waals surface area contributed by atoms with Crippen LogP contribution in [-0.2, 0) is 44.8 Å². The van der Waals surface area contributed by atoms with E-state index in [1.54, 1.807) is 24.3 Å². The Morgan fingerprint density at radius 1 is 0.905 bits per heavy atom. The number of nitrogens with one attached hydrogen (secondary N) is 2. The van der Waals surface area contributed by atoms with Crippen molar-refractivity contribution < 1.29 is 42.9 Å². The molecule has 0 aliphatic heterocycles. The lowest BCUT2D eigenvalue weighted by Crippen LogP contribution is -2.48. The third kappa shape index (κ3) is 15.5. The lowest BCUT2D eigenvalue weighted by Gasteiger charge is -2.23. The molecule has 1 aromatic rings. The number of benzene rings is 1. The molecule has 0 fully saturated rings. The Morgan fingerprint density at radius 3 is 1.98 bits per heavy atom. The first-order valence-electron chi connectivity index (χ1n) is 13.5. The van der Waals surface area contributed by atoms with Crippen molar-refractivity contribution in [3.8, 4) is 5.75 Å². The van der Waals surface area contributed by atoms with Crippen molar-refractivity contribution in [2.24, 2.45) is 11.3 Å². The van der Waals surface area contributed by atoms with Crippen molar-refractivity contribution in [2.75, 3.05) is 25.7 Å². The van der Waals surface area contributed by atoms with Crippen molar-refractivity contribution in [1.82, 2.24) is 10.6 Å². The van der Waals surface area contributed by atoms with Gasteiger partial charge in [0.1, 0.15) is 23.9 Å². The molecule has 42 heavy (non-hydrogen) atoms. The lowest BCUT2D eigenvalue weighted by molar-refractivity contribution is -0.146. The van der Waals surface area contributed by atoms with Crippen LogP contribution in [-0.4, -0.2) is 73.6 Å². The molecule has 0 bridgehead atoms. The highest BCUT2D eigenvalue weighted by atomic mass is 33.1. The summed E-state index contributed by atoms with van der Waals surface area (Å²) in [7, 11) is 4.98. The SMILES string of the molecule is COC(=O)C(CSSCC(NC(=O)[C@@H](CC(C)C)OCc1cccc(OC(C)=O)c1)C(=O)OC)NC(=O)CC(C)(C)C. The van der Waals surface area contributed by atoms with Gasteiger partial charge in [-0.2, -0.15) is 0 Å². The Labute approximate surface area is 256 Å². The first-order valence-corrected chi connectivity index (χ1v) is 16.0. The highest BCUT2D eigenvalue weighted by Gasteiger charge is 2.29. The zero-order chi connectivity index (χ0) is 31.9. The monoisotopic (exact) mass is 628 g/mol. The van der Waals surface area contributed by atoms with Crippen molar-refractivity contribution >= 4 is 51.3 Å². The van der Waals surface area contributed by atoms with Crippen LogP contribution in [0.2, 0.25) is 0 Å². The van der Waals surface area contributed by atoms with Gasteiger partial charge in [0, 0.05) is 24.9 Å². The number of esters is 3. The van der Waals surface area contributed by atoms with E-state index >= 15 is 0 Å². The Morgan fingerprint density at radius 2 is 1.48 bits per heavy atom. The van der Waals surface area contributed by atoms with E-state index in [0.717, 1.165) is 0 Å². The van der Waals surface area contributed by atoms with E-state index in [2.05, 4.69) is 10.6 Å². The first kappa shape index (κ1) is 37.3. The molecule has 0 heterocycles. The van der Waals surface area contributed by atoms with Crippen molar-refractivity contribution in [2.45, 2.75) is 79.2 Å².